The Balaban J connectivity index is 1.97. The SMILES string of the molecule is CCC(O)C[C@@H]1OCC[C@@]2(S(=O)(=O)c3ccc(Cl)cc3)c3c(F)ccc(F)c3OC[C@@H]12. The summed E-state index contributed by atoms with van der Waals surface area (Å²) in [6.45, 7) is 1.63. The highest BCUT2D eigenvalue weighted by Gasteiger charge is 2.61. The molecular formula is C22H23ClF2O5S. The van der Waals surface area contributed by atoms with E-state index < -0.39 is 44.3 Å². The number of aliphatic hydroxyl groups is 1. The van der Waals surface area contributed by atoms with Crippen LogP contribution < -0.4 is 4.74 Å². The van der Waals surface area contributed by atoms with E-state index in [4.69, 9.17) is 21.1 Å². The summed E-state index contributed by atoms with van der Waals surface area (Å²) in [5.41, 5.74) is -0.307. The summed E-state index contributed by atoms with van der Waals surface area (Å²) < 4.78 is 67.6. The molecule has 2 aromatic rings. The Labute approximate surface area is 184 Å². The molecule has 4 rings (SSSR count). The standard InChI is InChI=1S/C22H23ClF2O5S/c1-2-14(26)11-19-16-12-30-21-18(25)8-7-17(24)20(21)22(16,9-10-29-19)31(27,28)15-5-3-13(23)4-6-15/h3-8,14,16,19,26H,2,9-12H2,1H3/t14?,16-,19-,22-/m0/s1. The van der Waals surface area contributed by atoms with Crippen LogP contribution in [0.2, 0.25) is 5.02 Å². The average molecular weight is 473 g/mol. The highest BCUT2D eigenvalue weighted by molar-refractivity contribution is 7.92. The van der Waals surface area contributed by atoms with Crippen molar-refractivity contribution in [1.82, 2.24) is 0 Å². The summed E-state index contributed by atoms with van der Waals surface area (Å²) in [7, 11) is -4.24. The van der Waals surface area contributed by atoms with Gasteiger partial charge in [0.15, 0.2) is 21.4 Å². The number of hydrogen-bond acceptors (Lipinski definition) is 5. The van der Waals surface area contributed by atoms with Crippen molar-refractivity contribution in [2.75, 3.05) is 13.2 Å². The van der Waals surface area contributed by atoms with E-state index >= 15 is 4.39 Å². The van der Waals surface area contributed by atoms with E-state index in [-0.39, 0.29) is 42.3 Å². The van der Waals surface area contributed by atoms with Gasteiger partial charge in [0.2, 0.25) is 0 Å². The lowest BCUT2D eigenvalue weighted by atomic mass is 9.74. The Kier molecular flexibility index (Phi) is 6.02. The van der Waals surface area contributed by atoms with E-state index in [9.17, 15) is 17.9 Å². The molecule has 31 heavy (non-hydrogen) atoms. The lowest BCUT2D eigenvalue weighted by molar-refractivity contribution is -0.0900. The van der Waals surface area contributed by atoms with E-state index in [1.54, 1.807) is 6.92 Å². The maximum atomic E-state index is 15.2. The van der Waals surface area contributed by atoms with Gasteiger partial charge in [0.05, 0.1) is 29.3 Å². The second-order valence-electron chi connectivity index (χ2n) is 7.95. The van der Waals surface area contributed by atoms with Gasteiger partial charge in [-0.25, -0.2) is 17.2 Å². The number of fused-ring (bicyclic) bond motifs is 3. The minimum Gasteiger partial charge on any atom is -0.490 e. The molecule has 168 valence electrons. The van der Waals surface area contributed by atoms with E-state index in [0.717, 1.165) is 12.1 Å². The first kappa shape index (κ1) is 22.5. The second-order valence-corrected chi connectivity index (χ2v) is 10.6. The van der Waals surface area contributed by atoms with Gasteiger partial charge in [-0.15, -0.1) is 0 Å². The molecule has 2 aliphatic rings. The first-order valence-corrected chi connectivity index (χ1v) is 12.0. The van der Waals surface area contributed by atoms with Crippen LogP contribution in [0.15, 0.2) is 41.3 Å². The third kappa shape index (κ3) is 3.53. The third-order valence-electron chi connectivity index (χ3n) is 6.32. The molecule has 9 heteroatoms. The van der Waals surface area contributed by atoms with Gasteiger partial charge in [0.1, 0.15) is 10.6 Å². The zero-order valence-corrected chi connectivity index (χ0v) is 18.4. The number of halogens is 3. The summed E-state index contributed by atoms with van der Waals surface area (Å²) in [5, 5.41) is 10.6. The minimum absolute atomic E-state index is 0.0137. The predicted molar refractivity (Wildman–Crippen MR) is 111 cm³/mol. The largest absolute Gasteiger partial charge is 0.490 e. The van der Waals surface area contributed by atoms with Crippen LogP contribution in [0.3, 0.4) is 0 Å². The molecule has 1 saturated heterocycles. The Hall–Kier alpha value is -1.74. The highest BCUT2D eigenvalue weighted by Crippen LogP contribution is 2.56. The van der Waals surface area contributed by atoms with Crippen LogP contribution in [0, 0.1) is 17.6 Å². The van der Waals surface area contributed by atoms with Crippen LogP contribution in [0.4, 0.5) is 8.78 Å². The van der Waals surface area contributed by atoms with Crippen LogP contribution in [0.1, 0.15) is 31.7 Å². The van der Waals surface area contributed by atoms with E-state index in [1.807, 2.05) is 0 Å². The third-order valence-corrected chi connectivity index (χ3v) is 9.14. The smallest absolute Gasteiger partial charge is 0.189 e. The Morgan fingerprint density at radius 1 is 1.19 bits per heavy atom. The number of rotatable bonds is 5. The minimum atomic E-state index is -4.24. The molecule has 5 nitrogen and oxygen atoms in total. The van der Waals surface area contributed by atoms with Gasteiger partial charge in [-0.3, -0.25) is 0 Å². The van der Waals surface area contributed by atoms with Gasteiger partial charge in [-0.2, -0.15) is 0 Å². The molecule has 0 radical (unpaired) electrons. The summed E-state index contributed by atoms with van der Waals surface area (Å²) in [5.74, 6) is -2.90. The zero-order valence-electron chi connectivity index (χ0n) is 16.9. The number of benzene rings is 2. The van der Waals surface area contributed by atoms with Gasteiger partial charge in [-0.1, -0.05) is 18.5 Å². The monoisotopic (exact) mass is 472 g/mol. The molecule has 0 saturated carbocycles. The van der Waals surface area contributed by atoms with Crippen LogP contribution in [-0.4, -0.2) is 38.9 Å². The van der Waals surface area contributed by atoms with Crippen molar-refractivity contribution < 1.29 is 31.8 Å². The molecule has 2 aliphatic heterocycles. The fourth-order valence-electron chi connectivity index (χ4n) is 4.72. The second kappa shape index (κ2) is 8.31. The molecule has 0 amide bonds. The Morgan fingerprint density at radius 3 is 2.55 bits per heavy atom. The summed E-state index contributed by atoms with van der Waals surface area (Å²) in [6, 6.07) is 7.46. The molecule has 1 N–H and O–H groups in total. The molecule has 4 atom stereocenters. The lowest BCUT2D eigenvalue weighted by Gasteiger charge is -2.50. The number of sulfone groups is 1. The molecule has 2 heterocycles. The normalized spacial score (nSPS) is 26.5. The Morgan fingerprint density at radius 2 is 1.87 bits per heavy atom. The van der Waals surface area contributed by atoms with Gasteiger partial charge in [0.25, 0.3) is 0 Å². The van der Waals surface area contributed by atoms with Crippen LogP contribution in [0.25, 0.3) is 0 Å². The van der Waals surface area contributed by atoms with E-state index in [0.29, 0.717) is 11.4 Å². The van der Waals surface area contributed by atoms with Crippen molar-refractivity contribution in [2.45, 2.75) is 48.0 Å². The van der Waals surface area contributed by atoms with E-state index in [2.05, 4.69) is 0 Å². The van der Waals surface area contributed by atoms with Crippen molar-refractivity contribution >= 4 is 21.4 Å². The summed E-state index contributed by atoms with van der Waals surface area (Å²) in [4.78, 5) is -0.0462. The maximum Gasteiger partial charge on any atom is 0.189 e. The quantitative estimate of drug-likeness (QED) is 0.704. The molecule has 0 aliphatic carbocycles. The molecular weight excluding hydrogens is 450 g/mol. The van der Waals surface area contributed by atoms with Gasteiger partial charge in [-0.05, 0) is 55.7 Å². The molecule has 0 spiro atoms. The molecule has 0 aromatic heterocycles. The van der Waals surface area contributed by atoms with Crippen molar-refractivity contribution in [3.05, 3.63) is 58.6 Å². The topological polar surface area (TPSA) is 72.8 Å². The van der Waals surface area contributed by atoms with Crippen LogP contribution in [-0.2, 0) is 19.3 Å². The van der Waals surface area contributed by atoms with Gasteiger partial charge < -0.3 is 14.6 Å². The number of hydrogen-bond donors (Lipinski definition) is 1. The molecule has 1 unspecified atom stereocenters. The molecule has 1 fully saturated rings. The van der Waals surface area contributed by atoms with Crippen molar-refractivity contribution in [3.8, 4) is 5.75 Å². The summed E-state index contributed by atoms with van der Waals surface area (Å²) >= 11 is 5.93. The fourth-order valence-corrected chi connectivity index (χ4v) is 7.19. The van der Waals surface area contributed by atoms with Crippen LogP contribution in [0.5, 0.6) is 5.75 Å². The number of aliphatic hydroxyl groups excluding tert-OH is 1. The Bertz CT molecular complexity index is 1080. The first-order valence-electron chi connectivity index (χ1n) is 10.1. The van der Waals surface area contributed by atoms with Crippen LogP contribution >= 0.6 is 11.6 Å². The molecule has 0 bridgehead atoms. The van der Waals surface area contributed by atoms with Gasteiger partial charge >= 0.3 is 0 Å². The predicted octanol–water partition coefficient (Wildman–Crippen LogP) is 4.25. The number of ether oxygens (including phenoxy) is 2. The average Bonchev–Trinajstić information content (AvgIpc) is 2.76. The van der Waals surface area contributed by atoms with Gasteiger partial charge in [0, 0.05) is 17.5 Å². The van der Waals surface area contributed by atoms with E-state index in [1.165, 1.54) is 24.3 Å². The lowest BCUT2D eigenvalue weighted by Crippen LogP contribution is -2.58. The zero-order chi connectivity index (χ0) is 22.4. The van der Waals surface area contributed by atoms with Crippen molar-refractivity contribution in [1.29, 1.82) is 0 Å². The van der Waals surface area contributed by atoms with Crippen molar-refractivity contribution in [2.24, 2.45) is 5.92 Å². The maximum absolute atomic E-state index is 15.2. The fraction of sp³-hybridized carbons (Fsp3) is 0.455. The summed E-state index contributed by atoms with van der Waals surface area (Å²) in [6.07, 6.45) is -0.893. The highest BCUT2D eigenvalue weighted by atomic mass is 35.5. The first-order chi connectivity index (χ1) is 14.7. The molecule has 2 aromatic carbocycles. The van der Waals surface area contributed by atoms with Crippen molar-refractivity contribution in [3.63, 3.8) is 0 Å².